The highest BCUT2D eigenvalue weighted by Gasteiger charge is 2.44. The van der Waals surface area contributed by atoms with Crippen molar-refractivity contribution in [1.82, 2.24) is 3.97 Å². The maximum Gasteiger partial charge on any atom is 0.333 e. The number of hydrogen-bond acceptors (Lipinski definition) is 5. The van der Waals surface area contributed by atoms with Gasteiger partial charge in [0, 0.05) is 17.2 Å². The van der Waals surface area contributed by atoms with Crippen LogP contribution in [0.25, 0.3) is 10.9 Å². The standard InChI is InChI=1S/C23H20N2O4S/c1-14-4-7-17(8-5-14)30(27,28)25-13-21(19-11-18(19)15(2)23(26)29-3)20-10-16(12-24)6-9-22(20)25/h4-10,13,18-19H,2,11H2,1,3H3. The molecule has 3 aromatic rings. The predicted molar refractivity (Wildman–Crippen MR) is 112 cm³/mol. The van der Waals surface area contributed by atoms with Gasteiger partial charge in [0.2, 0.25) is 0 Å². The Kier molecular flexibility index (Phi) is 4.75. The summed E-state index contributed by atoms with van der Waals surface area (Å²) in [5, 5.41) is 10.00. The number of carbonyl (C=O) groups is 1. The monoisotopic (exact) mass is 420 g/mol. The molecule has 6 nitrogen and oxygen atoms in total. The van der Waals surface area contributed by atoms with Gasteiger partial charge in [-0.15, -0.1) is 0 Å². The Balaban J connectivity index is 1.85. The summed E-state index contributed by atoms with van der Waals surface area (Å²) in [4.78, 5) is 12.0. The van der Waals surface area contributed by atoms with Crippen molar-refractivity contribution in [3.63, 3.8) is 0 Å². The van der Waals surface area contributed by atoms with E-state index in [1.807, 2.05) is 6.92 Å². The first kappa shape index (κ1) is 19.9. The number of methoxy groups -OCH3 is 1. The average molecular weight is 420 g/mol. The van der Waals surface area contributed by atoms with Crippen LogP contribution in [0, 0.1) is 24.2 Å². The molecule has 2 atom stereocenters. The molecule has 1 heterocycles. The molecular formula is C23H20N2O4S. The summed E-state index contributed by atoms with van der Waals surface area (Å²) in [5.41, 5.74) is 3.07. The van der Waals surface area contributed by atoms with Crippen LogP contribution in [-0.4, -0.2) is 25.5 Å². The topological polar surface area (TPSA) is 89.2 Å². The van der Waals surface area contributed by atoms with Crippen molar-refractivity contribution in [3.05, 3.63) is 77.5 Å². The van der Waals surface area contributed by atoms with E-state index < -0.39 is 16.0 Å². The number of rotatable bonds is 5. The normalized spacial score (nSPS) is 18.0. The van der Waals surface area contributed by atoms with Gasteiger partial charge in [0.05, 0.1) is 29.2 Å². The van der Waals surface area contributed by atoms with Crippen molar-refractivity contribution in [3.8, 4) is 6.07 Å². The number of esters is 1. The van der Waals surface area contributed by atoms with Gasteiger partial charge in [0.15, 0.2) is 0 Å². The molecule has 1 aliphatic rings. The van der Waals surface area contributed by atoms with E-state index in [0.29, 0.717) is 28.5 Å². The molecule has 0 amide bonds. The highest BCUT2D eigenvalue weighted by atomic mass is 32.2. The second-order valence-corrected chi connectivity index (χ2v) is 9.32. The SMILES string of the molecule is C=C(C(=O)OC)C1CC1c1cn(S(=O)(=O)c2ccc(C)cc2)c2ccc(C#N)cc12. The molecule has 1 aliphatic carbocycles. The maximum atomic E-state index is 13.3. The molecule has 152 valence electrons. The third kappa shape index (κ3) is 3.19. The highest BCUT2D eigenvalue weighted by Crippen LogP contribution is 2.53. The molecule has 4 rings (SSSR count). The summed E-state index contributed by atoms with van der Waals surface area (Å²) in [6.45, 7) is 5.73. The maximum absolute atomic E-state index is 13.3. The molecule has 7 heteroatoms. The van der Waals surface area contributed by atoms with Gasteiger partial charge < -0.3 is 4.74 Å². The molecule has 0 saturated heterocycles. The Labute approximate surface area is 175 Å². The summed E-state index contributed by atoms with van der Waals surface area (Å²) in [6.07, 6.45) is 2.28. The lowest BCUT2D eigenvalue weighted by molar-refractivity contribution is -0.136. The summed E-state index contributed by atoms with van der Waals surface area (Å²) in [7, 11) is -2.52. The number of aryl methyl sites for hydroxylation is 1. The zero-order valence-corrected chi connectivity index (χ0v) is 17.4. The summed E-state index contributed by atoms with van der Waals surface area (Å²) >= 11 is 0. The van der Waals surface area contributed by atoms with Crippen molar-refractivity contribution in [2.24, 2.45) is 5.92 Å². The Hall–Kier alpha value is -3.37. The van der Waals surface area contributed by atoms with Gasteiger partial charge in [0.25, 0.3) is 10.0 Å². The molecule has 30 heavy (non-hydrogen) atoms. The van der Waals surface area contributed by atoms with E-state index in [-0.39, 0.29) is 16.7 Å². The van der Waals surface area contributed by atoms with Gasteiger partial charge in [-0.25, -0.2) is 17.2 Å². The predicted octanol–water partition coefficient (Wildman–Crippen LogP) is 3.89. The third-order valence-corrected chi connectivity index (χ3v) is 7.28. The van der Waals surface area contributed by atoms with Crippen molar-refractivity contribution in [1.29, 1.82) is 5.26 Å². The summed E-state index contributed by atoms with van der Waals surface area (Å²) in [5.74, 6) is -0.622. The van der Waals surface area contributed by atoms with E-state index >= 15 is 0 Å². The van der Waals surface area contributed by atoms with E-state index in [4.69, 9.17) is 4.74 Å². The lowest BCUT2D eigenvalue weighted by Gasteiger charge is -2.08. The van der Waals surface area contributed by atoms with Gasteiger partial charge in [0.1, 0.15) is 0 Å². The van der Waals surface area contributed by atoms with Crippen LogP contribution in [-0.2, 0) is 19.6 Å². The van der Waals surface area contributed by atoms with E-state index in [9.17, 15) is 18.5 Å². The minimum Gasteiger partial charge on any atom is -0.466 e. The Morgan fingerprint density at radius 3 is 2.57 bits per heavy atom. The third-order valence-electron chi connectivity index (χ3n) is 5.59. The molecular weight excluding hydrogens is 400 g/mol. The number of carbonyl (C=O) groups excluding carboxylic acids is 1. The zero-order chi connectivity index (χ0) is 21.6. The van der Waals surface area contributed by atoms with Gasteiger partial charge in [-0.2, -0.15) is 5.26 Å². The number of nitrogens with zero attached hydrogens (tertiary/aromatic N) is 2. The molecule has 2 aromatic carbocycles. The first-order chi connectivity index (χ1) is 14.3. The quantitative estimate of drug-likeness (QED) is 0.461. The number of aromatic nitrogens is 1. The average Bonchev–Trinajstić information content (AvgIpc) is 3.45. The second-order valence-electron chi connectivity index (χ2n) is 7.51. The van der Waals surface area contributed by atoms with Crippen LogP contribution in [0.5, 0.6) is 0 Å². The number of fused-ring (bicyclic) bond motifs is 1. The van der Waals surface area contributed by atoms with Crippen LogP contribution in [0.3, 0.4) is 0 Å². The molecule has 0 aliphatic heterocycles. The first-order valence-electron chi connectivity index (χ1n) is 9.42. The number of hydrogen-bond donors (Lipinski definition) is 0. The lowest BCUT2D eigenvalue weighted by atomic mass is 10.0. The Morgan fingerprint density at radius 1 is 1.23 bits per heavy atom. The summed E-state index contributed by atoms with van der Waals surface area (Å²) in [6, 6.07) is 13.7. The number of benzene rings is 2. The van der Waals surface area contributed by atoms with Crippen molar-refractivity contribution < 1.29 is 17.9 Å². The first-order valence-corrected chi connectivity index (χ1v) is 10.9. The number of ether oxygens (including phenoxy) is 1. The van der Waals surface area contributed by atoms with Gasteiger partial charge >= 0.3 is 5.97 Å². The molecule has 1 fully saturated rings. The molecule has 1 saturated carbocycles. The molecule has 1 aromatic heterocycles. The fourth-order valence-corrected chi connectivity index (χ4v) is 5.20. The molecule has 0 radical (unpaired) electrons. The molecule has 0 spiro atoms. The van der Waals surface area contributed by atoms with Crippen LogP contribution in [0.4, 0.5) is 0 Å². The summed E-state index contributed by atoms with van der Waals surface area (Å²) < 4.78 is 32.7. The van der Waals surface area contributed by atoms with Gasteiger partial charge in [-0.1, -0.05) is 24.3 Å². The van der Waals surface area contributed by atoms with Crippen molar-refractivity contribution >= 4 is 26.9 Å². The van der Waals surface area contributed by atoms with Crippen LogP contribution in [0.15, 0.2) is 65.7 Å². The van der Waals surface area contributed by atoms with Crippen LogP contribution in [0.2, 0.25) is 0 Å². The highest BCUT2D eigenvalue weighted by molar-refractivity contribution is 7.90. The van der Waals surface area contributed by atoms with Crippen molar-refractivity contribution in [2.45, 2.75) is 24.2 Å². The minimum atomic E-state index is -3.83. The van der Waals surface area contributed by atoms with E-state index in [2.05, 4.69) is 12.6 Å². The van der Waals surface area contributed by atoms with Gasteiger partial charge in [-0.3, -0.25) is 0 Å². The van der Waals surface area contributed by atoms with Crippen LogP contribution < -0.4 is 0 Å². The van der Waals surface area contributed by atoms with E-state index in [0.717, 1.165) is 11.1 Å². The lowest BCUT2D eigenvalue weighted by Crippen LogP contribution is -2.11. The minimum absolute atomic E-state index is 0.0532. The Morgan fingerprint density at radius 2 is 1.93 bits per heavy atom. The molecule has 2 unspecified atom stereocenters. The van der Waals surface area contributed by atoms with Gasteiger partial charge in [-0.05, 0) is 61.1 Å². The largest absolute Gasteiger partial charge is 0.466 e. The van der Waals surface area contributed by atoms with E-state index in [1.165, 1.54) is 11.1 Å². The van der Waals surface area contributed by atoms with Crippen LogP contribution in [0.1, 0.15) is 29.0 Å². The van der Waals surface area contributed by atoms with Crippen molar-refractivity contribution in [2.75, 3.05) is 7.11 Å². The smallest absolute Gasteiger partial charge is 0.333 e. The van der Waals surface area contributed by atoms with Crippen LogP contribution >= 0.6 is 0 Å². The fraction of sp³-hybridized carbons (Fsp3) is 0.217. The Bertz CT molecular complexity index is 1330. The second kappa shape index (κ2) is 7.15. The number of nitriles is 1. The fourth-order valence-electron chi connectivity index (χ4n) is 3.82. The van der Waals surface area contributed by atoms with E-state index in [1.54, 1.807) is 48.7 Å². The molecule has 0 N–H and O–H groups in total. The molecule has 0 bridgehead atoms. The zero-order valence-electron chi connectivity index (χ0n) is 16.6.